The quantitative estimate of drug-likeness (QED) is 0.823. The number of halogens is 2. The summed E-state index contributed by atoms with van der Waals surface area (Å²) in [5.74, 6) is -0.687. The van der Waals surface area contributed by atoms with Crippen LogP contribution < -0.4 is 5.43 Å². The van der Waals surface area contributed by atoms with E-state index in [0.717, 1.165) is 6.20 Å². The summed E-state index contributed by atoms with van der Waals surface area (Å²) in [5, 5.41) is 8.60. The monoisotopic (exact) mass is 256 g/mol. The number of nitrogens with zero attached hydrogens (tertiary/aromatic N) is 1. The minimum Gasteiger partial charge on any atom is -0.466 e. The average molecular weight is 256 g/mol. The van der Waals surface area contributed by atoms with Gasteiger partial charge in [-0.1, -0.05) is 0 Å². The van der Waals surface area contributed by atoms with E-state index in [1.165, 1.54) is 6.07 Å². The zero-order chi connectivity index (χ0) is 13.7. The minimum atomic E-state index is -3.08. The first kappa shape index (κ1) is 13.8. The van der Waals surface area contributed by atoms with E-state index in [1.807, 2.05) is 0 Å². The zero-order valence-electron chi connectivity index (χ0n) is 9.50. The molecule has 0 bridgehead atoms. The summed E-state index contributed by atoms with van der Waals surface area (Å²) in [4.78, 5) is 25.1. The summed E-state index contributed by atoms with van der Waals surface area (Å²) in [7, 11) is 0. The smallest absolute Gasteiger partial charge is 0.310 e. The standard InChI is InChI=1S/C11H10F2N2O3/c1-2-18-8(16)3-6-5-15-7(4-14)9(10(6)17)11(12)13/h5,11H,2-3H2,1H3,(H,15,17). The summed E-state index contributed by atoms with van der Waals surface area (Å²) >= 11 is 0. The van der Waals surface area contributed by atoms with Crippen molar-refractivity contribution in [1.82, 2.24) is 4.98 Å². The van der Waals surface area contributed by atoms with E-state index in [4.69, 9.17) is 5.26 Å². The van der Waals surface area contributed by atoms with Crippen LogP contribution >= 0.6 is 0 Å². The Morgan fingerprint density at radius 3 is 2.78 bits per heavy atom. The van der Waals surface area contributed by atoms with Crippen molar-refractivity contribution in [2.24, 2.45) is 0 Å². The summed E-state index contributed by atoms with van der Waals surface area (Å²) in [6, 6.07) is 1.47. The van der Waals surface area contributed by atoms with Gasteiger partial charge in [-0.3, -0.25) is 9.59 Å². The van der Waals surface area contributed by atoms with Gasteiger partial charge < -0.3 is 9.72 Å². The lowest BCUT2D eigenvalue weighted by molar-refractivity contribution is -0.142. The molecule has 0 aliphatic carbocycles. The highest BCUT2D eigenvalue weighted by Crippen LogP contribution is 2.18. The van der Waals surface area contributed by atoms with Crippen molar-refractivity contribution in [1.29, 1.82) is 5.26 Å². The van der Waals surface area contributed by atoms with E-state index < -0.39 is 35.5 Å². The molecule has 1 rings (SSSR count). The second-order valence-electron chi connectivity index (χ2n) is 3.33. The molecule has 96 valence electrons. The van der Waals surface area contributed by atoms with E-state index in [0.29, 0.717) is 0 Å². The number of carbonyl (C=O) groups is 1. The second-order valence-corrected chi connectivity index (χ2v) is 3.33. The van der Waals surface area contributed by atoms with Crippen molar-refractivity contribution in [3.8, 4) is 6.07 Å². The van der Waals surface area contributed by atoms with Crippen molar-refractivity contribution >= 4 is 5.97 Å². The van der Waals surface area contributed by atoms with Gasteiger partial charge in [-0.05, 0) is 6.92 Å². The maximum Gasteiger partial charge on any atom is 0.310 e. The van der Waals surface area contributed by atoms with Gasteiger partial charge in [-0.25, -0.2) is 8.78 Å². The van der Waals surface area contributed by atoms with Crippen molar-refractivity contribution in [2.75, 3.05) is 6.61 Å². The number of esters is 1. The first-order valence-corrected chi connectivity index (χ1v) is 5.09. The molecule has 1 heterocycles. The van der Waals surface area contributed by atoms with Crippen LogP contribution in [0.2, 0.25) is 0 Å². The number of rotatable bonds is 4. The predicted octanol–water partition coefficient (Wildman–Crippen LogP) is 1.29. The van der Waals surface area contributed by atoms with Crippen LogP contribution in [0.25, 0.3) is 0 Å². The van der Waals surface area contributed by atoms with Crippen LogP contribution in [0.15, 0.2) is 11.0 Å². The van der Waals surface area contributed by atoms with Crippen LogP contribution in [0.1, 0.15) is 30.2 Å². The van der Waals surface area contributed by atoms with Gasteiger partial charge in [0.15, 0.2) is 5.43 Å². The molecule has 1 aromatic heterocycles. The molecule has 0 unspecified atom stereocenters. The first-order chi connectivity index (χ1) is 8.51. The van der Waals surface area contributed by atoms with Crippen molar-refractivity contribution in [3.05, 3.63) is 33.2 Å². The second kappa shape index (κ2) is 5.91. The number of carbonyl (C=O) groups excluding carboxylic acids is 1. The highest BCUT2D eigenvalue weighted by molar-refractivity contribution is 5.72. The van der Waals surface area contributed by atoms with Crippen molar-refractivity contribution in [2.45, 2.75) is 19.8 Å². The fraction of sp³-hybridized carbons (Fsp3) is 0.364. The Morgan fingerprint density at radius 1 is 1.61 bits per heavy atom. The maximum absolute atomic E-state index is 12.7. The van der Waals surface area contributed by atoms with Gasteiger partial charge in [-0.15, -0.1) is 0 Å². The molecule has 0 fully saturated rings. The zero-order valence-corrected chi connectivity index (χ0v) is 9.50. The fourth-order valence-electron chi connectivity index (χ4n) is 1.39. The molecule has 7 heteroatoms. The Hall–Kier alpha value is -2.23. The molecule has 0 radical (unpaired) electrons. The van der Waals surface area contributed by atoms with Crippen LogP contribution in [0, 0.1) is 11.3 Å². The number of pyridine rings is 1. The van der Waals surface area contributed by atoms with Gasteiger partial charge in [0.2, 0.25) is 0 Å². The Bertz CT molecular complexity index is 546. The molecule has 0 saturated heterocycles. The molecule has 1 N–H and O–H groups in total. The summed E-state index contributed by atoms with van der Waals surface area (Å²) in [5.41, 5.74) is -2.57. The molecular formula is C11H10F2N2O3. The Labute approximate surface area is 101 Å². The number of nitriles is 1. The molecule has 0 spiro atoms. The highest BCUT2D eigenvalue weighted by Gasteiger charge is 2.21. The lowest BCUT2D eigenvalue weighted by Crippen LogP contribution is -2.21. The van der Waals surface area contributed by atoms with Gasteiger partial charge in [0.1, 0.15) is 11.8 Å². The number of nitrogens with one attached hydrogen (secondary N) is 1. The molecule has 0 amide bonds. The third-order valence-electron chi connectivity index (χ3n) is 2.17. The van der Waals surface area contributed by atoms with Gasteiger partial charge in [0.05, 0.1) is 18.6 Å². The largest absolute Gasteiger partial charge is 0.466 e. The topological polar surface area (TPSA) is 82.9 Å². The molecule has 18 heavy (non-hydrogen) atoms. The molecule has 5 nitrogen and oxygen atoms in total. The van der Waals surface area contributed by atoms with Crippen LogP contribution in [0.4, 0.5) is 8.78 Å². The molecule has 1 aromatic rings. The SMILES string of the molecule is CCOC(=O)Cc1c[nH]c(C#N)c(C(F)F)c1=O. The summed E-state index contributed by atoms with van der Waals surface area (Å²) in [6.07, 6.45) is -2.41. The number of hydrogen-bond donors (Lipinski definition) is 1. The van der Waals surface area contributed by atoms with Gasteiger partial charge in [0, 0.05) is 11.8 Å². The molecule has 0 aliphatic rings. The van der Waals surface area contributed by atoms with E-state index in [-0.39, 0.29) is 12.2 Å². The Morgan fingerprint density at radius 2 is 2.28 bits per heavy atom. The van der Waals surface area contributed by atoms with Crippen molar-refractivity contribution < 1.29 is 18.3 Å². The number of aromatic nitrogens is 1. The lowest BCUT2D eigenvalue weighted by atomic mass is 10.1. The third-order valence-corrected chi connectivity index (χ3v) is 2.17. The van der Waals surface area contributed by atoms with E-state index in [2.05, 4.69) is 9.72 Å². The lowest BCUT2D eigenvalue weighted by Gasteiger charge is -2.05. The van der Waals surface area contributed by atoms with Gasteiger partial charge >= 0.3 is 5.97 Å². The van der Waals surface area contributed by atoms with Gasteiger partial charge in [0.25, 0.3) is 6.43 Å². The molecule has 0 atom stereocenters. The average Bonchev–Trinajstić information content (AvgIpc) is 2.31. The van der Waals surface area contributed by atoms with Crippen LogP contribution in [-0.2, 0) is 16.0 Å². The highest BCUT2D eigenvalue weighted by atomic mass is 19.3. The van der Waals surface area contributed by atoms with Gasteiger partial charge in [-0.2, -0.15) is 5.26 Å². The fourth-order valence-corrected chi connectivity index (χ4v) is 1.39. The Kier molecular flexibility index (Phi) is 4.54. The van der Waals surface area contributed by atoms with E-state index in [9.17, 15) is 18.4 Å². The number of hydrogen-bond acceptors (Lipinski definition) is 4. The predicted molar refractivity (Wildman–Crippen MR) is 57.1 cm³/mol. The molecule has 0 aromatic carbocycles. The first-order valence-electron chi connectivity index (χ1n) is 5.09. The Balaban J connectivity index is 3.18. The van der Waals surface area contributed by atoms with Crippen molar-refractivity contribution in [3.63, 3.8) is 0 Å². The summed E-state index contributed by atoms with van der Waals surface area (Å²) < 4.78 is 29.9. The number of alkyl halides is 2. The normalized spacial score (nSPS) is 10.2. The maximum atomic E-state index is 12.7. The van der Waals surface area contributed by atoms with Crippen LogP contribution in [-0.4, -0.2) is 17.6 Å². The number of aromatic amines is 1. The van der Waals surface area contributed by atoms with E-state index in [1.54, 1.807) is 6.92 Å². The van der Waals surface area contributed by atoms with Crippen LogP contribution in [0.3, 0.4) is 0 Å². The number of H-pyrrole nitrogens is 1. The van der Waals surface area contributed by atoms with E-state index >= 15 is 0 Å². The molecular weight excluding hydrogens is 246 g/mol. The number of ether oxygens (including phenoxy) is 1. The molecule has 0 aliphatic heterocycles. The van der Waals surface area contributed by atoms with Crippen LogP contribution in [0.5, 0.6) is 0 Å². The minimum absolute atomic E-state index is 0.134. The molecule has 0 saturated carbocycles. The summed E-state index contributed by atoms with van der Waals surface area (Å²) in [6.45, 7) is 1.72. The third kappa shape index (κ3) is 2.91.